The van der Waals surface area contributed by atoms with Gasteiger partial charge in [-0.25, -0.2) is 9.37 Å². The number of hydrogen-bond donors (Lipinski definition) is 4. The lowest BCUT2D eigenvalue weighted by Crippen LogP contribution is -2.40. The Morgan fingerprint density at radius 1 is 1.29 bits per heavy atom. The number of anilines is 2. The van der Waals surface area contributed by atoms with Gasteiger partial charge in [0.25, 0.3) is 5.91 Å². The molecule has 0 saturated carbocycles. The van der Waals surface area contributed by atoms with Crippen LogP contribution in [0.2, 0.25) is 0 Å². The van der Waals surface area contributed by atoms with E-state index in [9.17, 15) is 19.4 Å². The van der Waals surface area contributed by atoms with Crippen molar-refractivity contribution in [1.29, 1.82) is 0 Å². The number of halogens is 1. The molecule has 5 N–H and O–H groups in total. The van der Waals surface area contributed by atoms with Gasteiger partial charge in [-0.3, -0.25) is 9.69 Å². The number of carbonyl (C=O) groups excluding carboxylic acids is 1. The Kier molecular flexibility index (Phi) is 7.48. The van der Waals surface area contributed by atoms with E-state index in [-0.39, 0.29) is 18.2 Å². The lowest BCUT2D eigenvalue weighted by molar-refractivity contribution is 0.00158. The first-order valence-electron chi connectivity index (χ1n) is 11.3. The van der Waals surface area contributed by atoms with Crippen molar-refractivity contribution in [1.82, 2.24) is 9.88 Å². The summed E-state index contributed by atoms with van der Waals surface area (Å²) in [6, 6.07) is 11.2. The summed E-state index contributed by atoms with van der Waals surface area (Å²) in [7, 11) is 0. The van der Waals surface area contributed by atoms with Crippen LogP contribution in [0.1, 0.15) is 41.5 Å². The molecule has 1 unspecified atom stereocenters. The maximum atomic E-state index is 14.9. The number of ether oxygens (including phenoxy) is 1. The molecule has 1 aromatic carbocycles. The van der Waals surface area contributed by atoms with Gasteiger partial charge >= 0.3 is 0 Å². The summed E-state index contributed by atoms with van der Waals surface area (Å²) < 4.78 is 20.3. The Balaban J connectivity index is 1.63. The third-order valence-electron chi connectivity index (χ3n) is 5.95. The molecule has 1 atom stereocenters. The number of morpholine rings is 1. The van der Waals surface area contributed by atoms with E-state index in [1.807, 2.05) is 12.1 Å². The minimum atomic E-state index is -1.18. The van der Waals surface area contributed by atoms with Crippen LogP contribution in [-0.4, -0.2) is 58.9 Å². The Bertz CT molecular complexity index is 1200. The Morgan fingerprint density at radius 3 is 2.66 bits per heavy atom. The molecule has 3 heterocycles. The molecule has 1 fully saturated rings. The smallest absolute Gasteiger partial charge is 0.251 e. The first-order valence-corrected chi connectivity index (χ1v) is 12.1. The van der Waals surface area contributed by atoms with Gasteiger partial charge in [-0.2, -0.15) is 0 Å². The highest BCUT2D eigenvalue weighted by atomic mass is 32.1. The van der Waals surface area contributed by atoms with Gasteiger partial charge in [-0.15, -0.1) is 11.3 Å². The molecule has 8 nitrogen and oxygen atoms in total. The summed E-state index contributed by atoms with van der Waals surface area (Å²) in [5, 5.41) is 23.7. The molecule has 3 aromatic rings. The second-order valence-electron chi connectivity index (χ2n) is 8.89. The zero-order valence-electron chi connectivity index (χ0n) is 19.6. The Labute approximate surface area is 207 Å². The molecule has 1 aliphatic heterocycles. The Hall–Kier alpha value is -2.89. The average Bonchev–Trinajstić information content (AvgIpc) is 3.23. The van der Waals surface area contributed by atoms with Crippen LogP contribution in [0.5, 0.6) is 0 Å². The van der Waals surface area contributed by atoms with Crippen LogP contribution in [0.3, 0.4) is 0 Å². The third kappa shape index (κ3) is 5.68. The standard InChI is InChI=1S/C25H29FN4O4S/c1-25(2,33)15-6-7-16(18(26)12-15)21-13-17(23(27)32)24(35-21)29-22-5-3-4-19(28-22)20(14-31)30-8-10-34-11-9-30/h3-7,12-13,20,31,33H,8-11,14H2,1-2H3,(H2,27,32)(H,28,29). The van der Waals surface area contributed by atoms with Crippen molar-refractivity contribution in [3.8, 4) is 10.4 Å². The van der Waals surface area contributed by atoms with E-state index in [0.29, 0.717) is 58.8 Å². The molecule has 1 aliphatic rings. The summed E-state index contributed by atoms with van der Waals surface area (Å²) in [4.78, 5) is 19.4. The van der Waals surface area contributed by atoms with Crippen LogP contribution in [0.25, 0.3) is 10.4 Å². The highest BCUT2D eigenvalue weighted by Gasteiger charge is 2.24. The Morgan fingerprint density at radius 2 is 2.03 bits per heavy atom. The molecule has 0 spiro atoms. The zero-order valence-corrected chi connectivity index (χ0v) is 20.4. The quantitative estimate of drug-likeness (QED) is 0.374. The van der Waals surface area contributed by atoms with E-state index in [1.54, 1.807) is 38.1 Å². The lowest BCUT2D eigenvalue weighted by atomic mass is 9.96. The SMILES string of the molecule is CC(C)(O)c1ccc(-c2cc(C(N)=O)c(Nc3cccc(C(CO)N4CCOCC4)n3)s2)c(F)c1. The first kappa shape index (κ1) is 25.2. The van der Waals surface area contributed by atoms with Crippen molar-refractivity contribution in [2.45, 2.75) is 25.5 Å². The van der Waals surface area contributed by atoms with E-state index < -0.39 is 17.3 Å². The average molecular weight is 501 g/mol. The maximum absolute atomic E-state index is 14.9. The molecule has 2 aromatic heterocycles. The van der Waals surface area contributed by atoms with Crippen LogP contribution in [0.4, 0.5) is 15.2 Å². The number of amides is 1. The van der Waals surface area contributed by atoms with Crippen molar-refractivity contribution in [2.24, 2.45) is 5.73 Å². The fraction of sp³-hybridized carbons (Fsp3) is 0.360. The van der Waals surface area contributed by atoms with Crippen LogP contribution in [0, 0.1) is 5.82 Å². The van der Waals surface area contributed by atoms with Crippen LogP contribution in [0.15, 0.2) is 42.5 Å². The number of nitrogens with one attached hydrogen (secondary N) is 1. The number of aliphatic hydroxyl groups excluding tert-OH is 1. The molecule has 0 aliphatic carbocycles. The van der Waals surface area contributed by atoms with Crippen LogP contribution < -0.4 is 11.1 Å². The number of primary amides is 1. The van der Waals surface area contributed by atoms with Crippen molar-refractivity contribution in [3.05, 3.63) is 65.1 Å². The van der Waals surface area contributed by atoms with Crippen molar-refractivity contribution >= 4 is 28.1 Å². The predicted molar refractivity (Wildman–Crippen MR) is 133 cm³/mol. The number of benzene rings is 1. The van der Waals surface area contributed by atoms with Gasteiger partial charge in [0.2, 0.25) is 0 Å². The van der Waals surface area contributed by atoms with E-state index in [0.717, 1.165) is 0 Å². The number of aromatic nitrogens is 1. The maximum Gasteiger partial charge on any atom is 0.251 e. The molecule has 35 heavy (non-hydrogen) atoms. The van der Waals surface area contributed by atoms with Crippen molar-refractivity contribution in [2.75, 3.05) is 38.2 Å². The van der Waals surface area contributed by atoms with Gasteiger partial charge in [0.15, 0.2) is 0 Å². The lowest BCUT2D eigenvalue weighted by Gasteiger charge is -2.33. The summed E-state index contributed by atoms with van der Waals surface area (Å²) in [5.41, 5.74) is 6.08. The molecule has 0 bridgehead atoms. The minimum Gasteiger partial charge on any atom is -0.394 e. The number of pyridine rings is 1. The highest BCUT2D eigenvalue weighted by molar-refractivity contribution is 7.19. The topological polar surface area (TPSA) is 121 Å². The molecule has 4 rings (SSSR count). The van der Waals surface area contributed by atoms with Gasteiger partial charge in [0.05, 0.1) is 42.7 Å². The third-order valence-corrected chi connectivity index (χ3v) is 7.04. The fourth-order valence-corrected chi connectivity index (χ4v) is 5.10. The summed E-state index contributed by atoms with van der Waals surface area (Å²) in [6.45, 7) is 5.67. The van der Waals surface area contributed by atoms with E-state index in [1.165, 1.54) is 17.4 Å². The second kappa shape index (κ2) is 10.4. The van der Waals surface area contributed by atoms with Crippen molar-refractivity contribution in [3.63, 3.8) is 0 Å². The predicted octanol–water partition coefficient (Wildman–Crippen LogP) is 3.38. The largest absolute Gasteiger partial charge is 0.394 e. The number of thiophene rings is 1. The molecular weight excluding hydrogens is 471 g/mol. The molecule has 186 valence electrons. The number of rotatable bonds is 8. The zero-order chi connectivity index (χ0) is 25.2. The number of aliphatic hydroxyl groups is 2. The van der Waals surface area contributed by atoms with Gasteiger partial charge in [-0.1, -0.05) is 18.2 Å². The van der Waals surface area contributed by atoms with Gasteiger partial charge in [-0.05, 0) is 43.7 Å². The monoisotopic (exact) mass is 500 g/mol. The summed E-state index contributed by atoms with van der Waals surface area (Å²) in [5.74, 6) is -0.686. The first-order chi connectivity index (χ1) is 16.7. The van der Waals surface area contributed by atoms with Crippen LogP contribution >= 0.6 is 11.3 Å². The van der Waals surface area contributed by atoms with Gasteiger partial charge in [0, 0.05) is 23.5 Å². The number of nitrogens with zero attached hydrogens (tertiary/aromatic N) is 2. The van der Waals surface area contributed by atoms with Gasteiger partial charge in [0.1, 0.15) is 16.6 Å². The number of nitrogens with two attached hydrogens (primary N) is 1. The highest BCUT2D eigenvalue weighted by Crippen LogP contribution is 2.39. The van der Waals surface area contributed by atoms with Crippen molar-refractivity contribution < 1.29 is 24.1 Å². The molecular formula is C25H29FN4O4S. The molecule has 0 radical (unpaired) electrons. The normalized spacial score (nSPS) is 15.7. The molecule has 10 heteroatoms. The van der Waals surface area contributed by atoms with E-state index in [2.05, 4.69) is 15.2 Å². The van der Waals surface area contributed by atoms with E-state index in [4.69, 9.17) is 10.5 Å². The van der Waals surface area contributed by atoms with Gasteiger partial charge < -0.3 is 26.0 Å². The number of carbonyl (C=O) groups is 1. The fourth-order valence-electron chi connectivity index (χ4n) is 4.00. The number of hydrogen-bond acceptors (Lipinski definition) is 8. The van der Waals surface area contributed by atoms with Crippen LogP contribution in [-0.2, 0) is 10.3 Å². The summed E-state index contributed by atoms with van der Waals surface area (Å²) >= 11 is 1.18. The molecule has 1 saturated heterocycles. The van der Waals surface area contributed by atoms with E-state index >= 15 is 0 Å². The minimum absolute atomic E-state index is 0.0912. The molecule has 1 amide bonds. The summed E-state index contributed by atoms with van der Waals surface area (Å²) in [6.07, 6.45) is 0. The second-order valence-corrected chi connectivity index (χ2v) is 9.94.